The number of carboxylic acids is 1. The second-order valence-electron chi connectivity index (χ2n) is 6.44. The maximum absolute atomic E-state index is 11.3. The van der Waals surface area contributed by atoms with E-state index in [0.717, 1.165) is 36.8 Å². The molecule has 1 saturated heterocycles. The molecule has 0 spiro atoms. The highest BCUT2D eigenvalue weighted by Crippen LogP contribution is 2.32. The molecule has 2 heterocycles. The molecular weight excluding hydrogens is 284 g/mol. The Kier molecular flexibility index (Phi) is 4.81. The lowest BCUT2D eigenvalue weighted by atomic mass is 10.1. The van der Waals surface area contributed by atoms with Gasteiger partial charge in [0.2, 0.25) is 0 Å². The molecule has 0 aromatic carbocycles. The average molecular weight is 308 g/mol. The van der Waals surface area contributed by atoms with Crippen LogP contribution in [0.1, 0.15) is 56.1 Å². The quantitative estimate of drug-likeness (QED) is 0.924. The Morgan fingerprint density at radius 1 is 1.38 bits per heavy atom. The number of rotatable bonds is 3. The summed E-state index contributed by atoms with van der Waals surface area (Å²) in [5, 5.41) is 9.30. The van der Waals surface area contributed by atoms with Crippen LogP contribution in [0.3, 0.4) is 0 Å². The van der Waals surface area contributed by atoms with Gasteiger partial charge in [0.25, 0.3) is 0 Å². The van der Waals surface area contributed by atoms with E-state index >= 15 is 0 Å². The monoisotopic (exact) mass is 308 g/mol. The minimum atomic E-state index is -0.884. The number of anilines is 1. The van der Waals surface area contributed by atoms with E-state index in [1.807, 2.05) is 25.6 Å². The highest BCUT2D eigenvalue weighted by atomic mass is 32.2. The fraction of sp³-hybridized carbons (Fsp3) is 0.625. The van der Waals surface area contributed by atoms with Crippen molar-refractivity contribution >= 4 is 23.5 Å². The summed E-state index contributed by atoms with van der Waals surface area (Å²) in [5.74, 6) is 1.19. The Labute approximate surface area is 130 Å². The number of thioether (sulfide) groups is 1. The molecule has 0 radical (unpaired) electrons. The van der Waals surface area contributed by atoms with Crippen LogP contribution in [0, 0.1) is 0 Å². The lowest BCUT2D eigenvalue weighted by molar-refractivity contribution is 0.0696. The maximum atomic E-state index is 11.3. The van der Waals surface area contributed by atoms with Crippen molar-refractivity contribution in [1.29, 1.82) is 0 Å². The van der Waals surface area contributed by atoms with Crippen molar-refractivity contribution < 1.29 is 9.90 Å². The highest BCUT2D eigenvalue weighted by molar-refractivity contribution is 8.00. The van der Waals surface area contributed by atoms with Crippen molar-refractivity contribution in [1.82, 2.24) is 4.98 Å². The van der Waals surface area contributed by atoms with E-state index in [1.54, 1.807) is 12.1 Å². The van der Waals surface area contributed by atoms with Crippen molar-refractivity contribution in [3.8, 4) is 0 Å². The molecule has 0 amide bonds. The van der Waals surface area contributed by atoms with Crippen molar-refractivity contribution in [2.75, 3.05) is 23.7 Å². The van der Waals surface area contributed by atoms with Gasteiger partial charge in [-0.25, -0.2) is 9.78 Å². The minimum Gasteiger partial charge on any atom is -0.478 e. The van der Waals surface area contributed by atoms with Gasteiger partial charge >= 0.3 is 5.97 Å². The fourth-order valence-corrected chi connectivity index (χ4v) is 3.47. The molecule has 1 aromatic heterocycles. The third-order valence-electron chi connectivity index (χ3n) is 3.83. The highest BCUT2D eigenvalue weighted by Gasteiger charge is 2.25. The first kappa shape index (κ1) is 16.1. The molecule has 2 rings (SSSR count). The van der Waals surface area contributed by atoms with E-state index in [-0.39, 0.29) is 10.7 Å². The summed E-state index contributed by atoms with van der Waals surface area (Å²) in [7, 11) is 0. The van der Waals surface area contributed by atoms with E-state index in [4.69, 9.17) is 0 Å². The summed E-state index contributed by atoms with van der Waals surface area (Å²) < 4.78 is 0.278. The number of aromatic carboxylic acids is 1. The number of hydrogen-bond acceptors (Lipinski definition) is 4. The van der Waals surface area contributed by atoms with Crippen molar-refractivity contribution in [3.63, 3.8) is 0 Å². The molecule has 1 aromatic rings. The summed E-state index contributed by atoms with van der Waals surface area (Å²) >= 11 is 1.97. The van der Waals surface area contributed by atoms with Crippen LogP contribution in [0.4, 0.5) is 5.82 Å². The SMILES string of the molecule is CC(C)c1cc(C(=O)O)cc(N2CCSC(C)(C)CC2)n1. The largest absolute Gasteiger partial charge is 0.478 e. The molecule has 0 bridgehead atoms. The first-order chi connectivity index (χ1) is 9.78. The lowest BCUT2D eigenvalue weighted by Crippen LogP contribution is -2.28. The first-order valence-corrected chi connectivity index (χ1v) is 8.41. The van der Waals surface area contributed by atoms with E-state index in [9.17, 15) is 9.90 Å². The van der Waals surface area contributed by atoms with Crippen LogP contribution in [-0.2, 0) is 0 Å². The number of hydrogen-bond donors (Lipinski definition) is 1. The number of carboxylic acid groups (broad SMARTS) is 1. The summed E-state index contributed by atoms with van der Waals surface area (Å²) in [6, 6.07) is 3.39. The zero-order valence-corrected chi connectivity index (χ0v) is 14.0. The van der Waals surface area contributed by atoms with Crippen LogP contribution < -0.4 is 4.90 Å². The zero-order valence-electron chi connectivity index (χ0n) is 13.2. The molecule has 1 aliphatic heterocycles. The fourth-order valence-electron chi connectivity index (χ4n) is 2.37. The zero-order chi connectivity index (χ0) is 15.6. The third kappa shape index (κ3) is 4.13. The maximum Gasteiger partial charge on any atom is 0.335 e. The Bertz CT molecular complexity index is 529. The predicted octanol–water partition coefficient (Wildman–Crippen LogP) is 3.63. The van der Waals surface area contributed by atoms with Crippen molar-refractivity contribution in [2.24, 2.45) is 0 Å². The Morgan fingerprint density at radius 3 is 2.71 bits per heavy atom. The molecule has 5 heteroatoms. The molecular formula is C16H24N2O2S. The van der Waals surface area contributed by atoms with Crippen LogP contribution in [-0.4, -0.2) is 39.6 Å². The molecule has 1 N–H and O–H groups in total. The van der Waals surface area contributed by atoms with Gasteiger partial charge < -0.3 is 10.0 Å². The van der Waals surface area contributed by atoms with Gasteiger partial charge in [-0.05, 0) is 24.5 Å². The van der Waals surface area contributed by atoms with Crippen molar-refractivity contribution in [3.05, 3.63) is 23.4 Å². The summed E-state index contributed by atoms with van der Waals surface area (Å²) in [4.78, 5) is 18.2. The second-order valence-corrected chi connectivity index (χ2v) is 8.25. The van der Waals surface area contributed by atoms with Gasteiger partial charge in [-0.2, -0.15) is 11.8 Å². The summed E-state index contributed by atoms with van der Waals surface area (Å²) in [6.07, 6.45) is 1.08. The third-order valence-corrected chi connectivity index (χ3v) is 5.20. The number of aromatic nitrogens is 1. The number of carbonyl (C=O) groups is 1. The van der Waals surface area contributed by atoms with Crippen LogP contribution in [0.2, 0.25) is 0 Å². The minimum absolute atomic E-state index is 0.223. The standard InChI is InChI=1S/C16H24N2O2S/c1-11(2)13-9-12(15(19)20)10-14(17-13)18-6-5-16(3,4)21-8-7-18/h9-11H,5-8H2,1-4H3,(H,19,20). The molecule has 0 saturated carbocycles. The Hall–Kier alpha value is -1.23. The number of pyridine rings is 1. The Morgan fingerprint density at radius 2 is 2.10 bits per heavy atom. The van der Waals surface area contributed by atoms with Crippen LogP contribution in [0.15, 0.2) is 12.1 Å². The topological polar surface area (TPSA) is 53.4 Å². The smallest absolute Gasteiger partial charge is 0.335 e. The second kappa shape index (κ2) is 6.26. The van der Waals surface area contributed by atoms with E-state index < -0.39 is 5.97 Å². The van der Waals surface area contributed by atoms with E-state index in [2.05, 4.69) is 23.7 Å². The Balaban J connectivity index is 2.31. The van der Waals surface area contributed by atoms with Gasteiger partial charge in [0.05, 0.1) is 5.56 Å². The molecule has 1 aliphatic rings. The van der Waals surface area contributed by atoms with Crippen LogP contribution in [0.25, 0.3) is 0 Å². The lowest BCUT2D eigenvalue weighted by Gasteiger charge is -2.24. The summed E-state index contributed by atoms with van der Waals surface area (Å²) in [5.41, 5.74) is 1.18. The van der Waals surface area contributed by atoms with Gasteiger partial charge in [0, 0.05) is 29.3 Å². The molecule has 0 aliphatic carbocycles. The van der Waals surface area contributed by atoms with Crippen molar-refractivity contribution in [2.45, 2.75) is 44.8 Å². The number of nitrogens with zero attached hydrogens (tertiary/aromatic N) is 2. The molecule has 21 heavy (non-hydrogen) atoms. The molecule has 116 valence electrons. The summed E-state index contributed by atoms with van der Waals surface area (Å²) in [6.45, 7) is 10.5. The van der Waals surface area contributed by atoms with Gasteiger partial charge in [-0.3, -0.25) is 0 Å². The van der Waals surface area contributed by atoms with E-state index in [1.165, 1.54) is 0 Å². The van der Waals surface area contributed by atoms with Crippen LogP contribution in [0.5, 0.6) is 0 Å². The molecule has 1 fully saturated rings. The molecule has 0 unspecified atom stereocenters. The van der Waals surface area contributed by atoms with E-state index in [0.29, 0.717) is 5.56 Å². The van der Waals surface area contributed by atoms with Gasteiger partial charge in [0.1, 0.15) is 5.82 Å². The van der Waals surface area contributed by atoms with Gasteiger partial charge in [-0.15, -0.1) is 0 Å². The van der Waals surface area contributed by atoms with Gasteiger partial charge in [0.15, 0.2) is 0 Å². The predicted molar refractivity (Wildman–Crippen MR) is 88.7 cm³/mol. The molecule has 0 atom stereocenters. The normalized spacial score (nSPS) is 18.6. The van der Waals surface area contributed by atoms with Crippen LogP contribution >= 0.6 is 11.8 Å². The first-order valence-electron chi connectivity index (χ1n) is 7.43. The average Bonchev–Trinajstić information content (AvgIpc) is 2.59. The van der Waals surface area contributed by atoms with Gasteiger partial charge in [-0.1, -0.05) is 27.7 Å². The molecule has 4 nitrogen and oxygen atoms in total.